The SMILES string of the molecule is CCCS(=O)(=O)Nc1ccc(Cl)c(C(=O)c2c[nH]c3ncc(Br)cc23)c1F. The lowest BCUT2D eigenvalue weighted by Crippen LogP contribution is -2.18. The number of halogens is 3. The highest BCUT2D eigenvalue weighted by Crippen LogP contribution is 2.31. The van der Waals surface area contributed by atoms with E-state index in [1.54, 1.807) is 19.2 Å². The van der Waals surface area contributed by atoms with Gasteiger partial charge in [-0.1, -0.05) is 18.5 Å². The maximum atomic E-state index is 15.0. The van der Waals surface area contributed by atoms with E-state index in [0.29, 0.717) is 21.9 Å². The van der Waals surface area contributed by atoms with Gasteiger partial charge in [0.2, 0.25) is 10.0 Å². The second-order valence-corrected chi connectivity index (χ2v) is 8.95. The second-order valence-electron chi connectivity index (χ2n) is 5.79. The number of H-pyrrole nitrogens is 1. The van der Waals surface area contributed by atoms with Crippen LogP contribution in [0.3, 0.4) is 0 Å². The predicted molar refractivity (Wildman–Crippen MR) is 106 cm³/mol. The molecule has 3 aromatic rings. The molecular formula is C17H14BrClFN3O3S. The third-order valence-corrected chi connectivity index (χ3v) is 6.02. The number of fused-ring (bicyclic) bond motifs is 1. The van der Waals surface area contributed by atoms with Crippen molar-refractivity contribution in [1.29, 1.82) is 0 Å². The fourth-order valence-corrected chi connectivity index (χ4v) is 4.32. The van der Waals surface area contributed by atoms with Crippen molar-refractivity contribution in [2.45, 2.75) is 13.3 Å². The van der Waals surface area contributed by atoms with Crippen LogP contribution in [0.25, 0.3) is 11.0 Å². The number of sulfonamides is 1. The molecule has 0 saturated heterocycles. The predicted octanol–water partition coefficient (Wildman–Crippen LogP) is 4.50. The van der Waals surface area contributed by atoms with Gasteiger partial charge in [0.15, 0.2) is 11.6 Å². The lowest BCUT2D eigenvalue weighted by molar-refractivity contribution is 0.103. The third-order valence-electron chi connectivity index (χ3n) is 3.80. The van der Waals surface area contributed by atoms with Crippen LogP contribution in [0.15, 0.2) is 35.1 Å². The van der Waals surface area contributed by atoms with Crippen molar-refractivity contribution in [3.05, 3.63) is 57.0 Å². The Balaban J connectivity index is 2.09. The van der Waals surface area contributed by atoms with E-state index in [1.807, 2.05) is 0 Å². The topological polar surface area (TPSA) is 91.9 Å². The van der Waals surface area contributed by atoms with Gasteiger partial charge >= 0.3 is 0 Å². The molecule has 0 saturated carbocycles. The van der Waals surface area contributed by atoms with E-state index in [4.69, 9.17) is 11.6 Å². The molecule has 2 heterocycles. The summed E-state index contributed by atoms with van der Waals surface area (Å²) in [5, 5.41) is 0.370. The number of pyridine rings is 1. The van der Waals surface area contributed by atoms with Crippen molar-refractivity contribution in [3.8, 4) is 0 Å². The number of nitrogens with one attached hydrogen (secondary N) is 2. The molecule has 0 unspecified atom stereocenters. The Morgan fingerprint density at radius 1 is 1.41 bits per heavy atom. The van der Waals surface area contributed by atoms with Crippen molar-refractivity contribution in [3.63, 3.8) is 0 Å². The summed E-state index contributed by atoms with van der Waals surface area (Å²) in [6.07, 6.45) is 3.34. The monoisotopic (exact) mass is 473 g/mol. The Morgan fingerprint density at radius 2 is 2.15 bits per heavy atom. The Labute approximate surface area is 168 Å². The molecule has 0 amide bonds. The van der Waals surface area contributed by atoms with Crippen LogP contribution in [-0.2, 0) is 10.0 Å². The van der Waals surface area contributed by atoms with Gasteiger partial charge in [0.1, 0.15) is 5.65 Å². The molecule has 2 N–H and O–H groups in total. The number of hydrogen-bond acceptors (Lipinski definition) is 4. The van der Waals surface area contributed by atoms with Crippen molar-refractivity contribution in [1.82, 2.24) is 9.97 Å². The van der Waals surface area contributed by atoms with Crippen molar-refractivity contribution in [2.24, 2.45) is 0 Å². The van der Waals surface area contributed by atoms with E-state index >= 15 is 0 Å². The zero-order valence-corrected chi connectivity index (χ0v) is 17.2. The van der Waals surface area contributed by atoms with Crippen LogP contribution in [0.2, 0.25) is 5.02 Å². The van der Waals surface area contributed by atoms with Gasteiger partial charge in [-0.3, -0.25) is 9.52 Å². The zero-order chi connectivity index (χ0) is 19.8. The highest BCUT2D eigenvalue weighted by molar-refractivity contribution is 9.10. The minimum absolute atomic E-state index is 0.117. The van der Waals surface area contributed by atoms with Crippen LogP contribution in [0.1, 0.15) is 29.3 Å². The summed E-state index contributed by atoms with van der Waals surface area (Å²) in [6, 6.07) is 4.14. The second kappa shape index (κ2) is 7.57. The average molecular weight is 475 g/mol. The number of benzene rings is 1. The van der Waals surface area contributed by atoms with Crippen LogP contribution < -0.4 is 4.72 Å². The fourth-order valence-electron chi connectivity index (χ4n) is 2.63. The van der Waals surface area contributed by atoms with Gasteiger partial charge in [-0.15, -0.1) is 0 Å². The number of hydrogen-bond donors (Lipinski definition) is 2. The molecular weight excluding hydrogens is 461 g/mol. The first-order chi connectivity index (χ1) is 12.7. The summed E-state index contributed by atoms with van der Waals surface area (Å²) in [5.41, 5.74) is -0.101. The molecule has 1 aromatic carbocycles. The van der Waals surface area contributed by atoms with Crippen molar-refractivity contribution < 1.29 is 17.6 Å². The Bertz CT molecular complexity index is 1150. The summed E-state index contributed by atoms with van der Waals surface area (Å²) in [7, 11) is -3.72. The third kappa shape index (κ3) is 3.99. The van der Waals surface area contributed by atoms with Gasteiger partial charge in [0.25, 0.3) is 0 Å². The van der Waals surface area contributed by atoms with Crippen LogP contribution in [0, 0.1) is 5.82 Å². The summed E-state index contributed by atoms with van der Waals surface area (Å²) in [5.74, 6) is -1.87. The van der Waals surface area contributed by atoms with Crippen LogP contribution >= 0.6 is 27.5 Å². The molecule has 0 radical (unpaired) electrons. The summed E-state index contributed by atoms with van der Waals surface area (Å²) >= 11 is 9.34. The lowest BCUT2D eigenvalue weighted by atomic mass is 10.0. The summed E-state index contributed by atoms with van der Waals surface area (Å²) < 4.78 is 41.7. The smallest absolute Gasteiger partial charge is 0.232 e. The largest absolute Gasteiger partial charge is 0.345 e. The minimum atomic E-state index is -3.72. The van der Waals surface area contributed by atoms with E-state index < -0.39 is 27.2 Å². The molecule has 0 spiro atoms. The number of carbonyl (C=O) groups excluding carboxylic acids is 1. The molecule has 27 heavy (non-hydrogen) atoms. The minimum Gasteiger partial charge on any atom is -0.345 e. The van der Waals surface area contributed by atoms with E-state index in [0.717, 1.165) is 0 Å². The summed E-state index contributed by atoms with van der Waals surface area (Å²) in [4.78, 5) is 19.9. The zero-order valence-electron chi connectivity index (χ0n) is 14.0. The van der Waals surface area contributed by atoms with E-state index in [1.165, 1.54) is 18.3 Å². The molecule has 3 rings (SSSR count). The number of anilines is 1. The Kier molecular flexibility index (Phi) is 5.55. The molecule has 0 atom stereocenters. The molecule has 2 aromatic heterocycles. The molecule has 0 bridgehead atoms. The Hall–Kier alpha value is -1.97. The lowest BCUT2D eigenvalue weighted by Gasteiger charge is -2.12. The van der Waals surface area contributed by atoms with Gasteiger partial charge in [0, 0.05) is 27.8 Å². The summed E-state index contributed by atoms with van der Waals surface area (Å²) in [6.45, 7) is 1.69. The van der Waals surface area contributed by atoms with Crippen LogP contribution in [0.4, 0.5) is 10.1 Å². The van der Waals surface area contributed by atoms with Gasteiger partial charge < -0.3 is 4.98 Å². The van der Waals surface area contributed by atoms with Crippen LogP contribution in [0.5, 0.6) is 0 Å². The normalized spacial score (nSPS) is 11.7. The first-order valence-corrected chi connectivity index (χ1v) is 10.7. The highest BCUT2D eigenvalue weighted by atomic mass is 79.9. The highest BCUT2D eigenvalue weighted by Gasteiger charge is 2.25. The van der Waals surface area contributed by atoms with E-state index in [-0.39, 0.29) is 22.0 Å². The molecule has 0 fully saturated rings. The van der Waals surface area contributed by atoms with Crippen molar-refractivity contribution in [2.75, 3.05) is 10.5 Å². The van der Waals surface area contributed by atoms with Crippen molar-refractivity contribution >= 4 is 60.1 Å². The molecule has 0 aliphatic heterocycles. The van der Waals surface area contributed by atoms with E-state index in [2.05, 4.69) is 30.6 Å². The van der Waals surface area contributed by atoms with Gasteiger partial charge in [0.05, 0.1) is 22.0 Å². The average Bonchev–Trinajstić information content (AvgIpc) is 3.00. The first kappa shape index (κ1) is 19.8. The first-order valence-electron chi connectivity index (χ1n) is 7.89. The van der Waals surface area contributed by atoms with E-state index in [9.17, 15) is 17.6 Å². The molecule has 0 aliphatic carbocycles. The number of aromatic amines is 1. The number of ketones is 1. The maximum Gasteiger partial charge on any atom is 0.232 e. The fraction of sp³-hybridized carbons (Fsp3) is 0.176. The molecule has 0 aliphatic rings. The van der Waals surface area contributed by atoms with Gasteiger partial charge in [-0.2, -0.15) is 0 Å². The Morgan fingerprint density at radius 3 is 2.85 bits per heavy atom. The maximum absolute atomic E-state index is 15.0. The number of aromatic nitrogens is 2. The quantitative estimate of drug-likeness (QED) is 0.515. The standard InChI is InChI=1S/C17H14BrClFN3O3S/c1-2-5-27(25,26)23-13-4-3-12(19)14(15(13)20)16(24)11-8-22-17-10(11)6-9(18)7-21-17/h3-4,6-8,23H,2,5H2,1H3,(H,21,22). The number of nitrogens with zero attached hydrogens (tertiary/aromatic N) is 1. The number of rotatable bonds is 6. The molecule has 142 valence electrons. The molecule has 6 nitrogen and oxygen atoms in total. The van der Waals surface area contributed by atoms with Gasteiger partial charge in [-0.05, 0) is 40.5 Å². The van der Waals surface area contributed by atoms with Crippen LogP contribution in [-0.4, -0.2) is 29.9 Å². The number of carbonyl (C=O) groups is 1. The molecule has 10 heteroatoms. The van der Waals surface area contributed by atoms with Gasteiger partial charge in [-0.25, -0.2) is 17.8 Å².